The van der Waals surface area contributed by atoms with Gasteiger partial charge in [0.05, 0.1) is 5.52 Å². The number of nitrogens with zero attached hydrogens (tertiary/aromatic N) is 2. The molecule has 0 radical (unpaired) electrons. The van der Waals surface area contributed by atoms with Gasteiger partial charge < -0.3 is 4.57 Å². The maximum Gasteiger partial charge on any atom is 0.140 e. The third-order valence-corrected chi connectivity index (χ3v) is 2.88. The van der Waals surface area contributed by atoms with Crippen LogP contribution in [-0.2, 0) is 7.05 Å². The van der Waals surface area contributed by atoms with Crippen LogP contribution in [0.2, 0.25) is 0 Å². The molecule has 0 aliphatic heterocycles. The zero-order valence-corrected chi connectivity index (χ0v) is 8.86. The molecule has 3 aromatic rings. The molecule has 2 heteroatoms. The summed E-state index contributed by atoms with van der Waals surface area (Å²) >= 11 is 0. The second kappa shape index (κ2) is 2.83. The Bertz CT molecular complexity index is 650. The van der Waals surface area contributed by atoms with Crippen LogP contribution >= 0.6 is 0 Å². The largest absolute Gasteiger partial charge is 0.328 e. The molecule has 0 spiro atoms. The fourth-order valence-corrected chi connectivity index (χ4v) is 2.14. The molecule has 0 N–H and O–H groups in total. The molecule has 0 unspecified atom stereocenters. The van der Waals surface area contributed by atoms with Gasteiger partial charge in [-0.1, -0.05) is 18.2 Å². The zero-order valence-electron chi connectivity index (χ0n) is 8.86. The van der Waals surface area contributed by atoms with Crippen molar-refractivity contribution in [3.05, 3.63) is 42.1 Å². The van der Waals surface area contributed by atoms with E-state index in [1.54, 1.807) is 0 Å². The van der Waals surface area contributed by atoms with E-state index in [-0.39, 0.29) is 0 Å². The standard InChI is InChI=1S/C13H12N2/c1-9-7-11-10-5-3-4-6-12(10)15(2)13(11)14-8-9/h3-8H,1-2H3. The van der Waals surface area contributed by atoms with Crippen molar-refractivity contribution in [1.82, 2.24) is 9.55 Å². The van der Waals surface area contributed by atoms with Crippen LogP contribution in [-0.4, -0.2) is 9.55 Å². The molecule has 0 aliphatic carbocycles. The quantitative estimate of drug-likeness (QED) is 0.540. The molecule has 2 heterocycles. The van der Waals surface area contributed by atoms with E-state index in [4.69, 9.17) is 0 Å². The number of fused-ring (bicyclic) bond motifs is 3. The molecule has 1 aromatic carbocycles. The van der Waals surface area contributed by atoms with Crippen LogP contribution in [0.4, 0.5) is 0 Å². The van der Waals surface area contributed by atoms with E-state index in [0.29, 0.717) is 0 Å². The fourth-order valence-electron chi connectivity index (χ4n) is 2.14. The molecule has 0 bridgehead atoms. The van der Waals surface area contributed by atoms with E-state index in [0.717, 1.165) is 5.65 Å². The van der Waals surface area contributed by atoms with Gasteiger partial charge >= 0.3 is 0 Å². The summed E-state index contributed by atoms with van der Waals surface area (Å²) < 4.78 is 2.14. The van der Waals surface area contributed by atoms with Gasteiger partial charge in [0.2, 0.25) is 0 Å². The Morgan fingerprint density at radius 1 is 1.13 bits per heavy atom. The van der Waals surface area contributed by atoms with Crippen molar-refractivity contribution in [3.63, 3.8) is 0 Å². The summed E-state index contributed by atoms with van der Waals surface area (Å²) in [6, 6.07) is 10.6. The number of rotatable bonds is 0. The molecule has 74 valence electrons. The average molecular weight is 196 g/mol. The summed E-state index contributed by atoms with van der Waals surface area (Å²) in [7, 11) is 2.06. The van der Waals surface area contributed by atoms with Crippen LogP contribution in [0, 0.1) is 6.92 Å². The van der Waals surface area contributed by atoms with Crippen LogP contribution in [0.3, 0.4) is 0 Å². The number of aromatic nitrogens is 2. The molecule has 2 nitrogen and oxygen atoms in total. The first-order valence-corrected chi connectivity index (χ1v) is 5.07. The van der Waals surface area contributed by atoms with Crippen molar-refractivity contribution in [3.8, 4) is 0 Å². The molecule has 0 amide bonds. The third kappa shape index (κ3) is 1.08. The Kier molecular flexibility index (Phi) is 1.60. The number of pyridine rings is 1. The average Bonchev–Trinajstić information content (AvgIpc) is 2.54. The number of hydrogen-bond acceptors (Lipinski definition) is 1. The molecule has 3 rings (SSSR count). The van der Waals surface area contributed by atoms with Crippen LogP contribution in [0.5, 0.6) is 0 Å². The summed E-state index contributed by atoms with van der Waals surface area (Å²) in [5.41, 5.74) is 3.51. The van der Waals surface area contributed by atoms with E-state index in [1.807, 2.05) is 6.20 Å². The lowest BCUT2D eigenvalue weighted by Gasteiger charge is -1.96. The minimum atomic E-state index is 1.06. The molecule has 0 atom stereocenters. The van der Waals surface area contributed by atoms with Gasteiger partial charge in [0, 0.05) is 24.0 Å². The van der Waals surface area contributed by atoms with Gasteiger partial charge in [-0.2, -0.15) is 0 Å². The van der Waals surface area contributed by atoms with Crippen molar-refractivity contribution in [2.45, 2.75) is 6.92 Å². The maximum absolute atomic E-state index is 4.48. The number of benzene rings is 1. The Balaban J connectivity index is 2.64. The highest BCUT2D eigenvalue weighted by molar-refractivity contribution is 6.06. The Morgan fingerprint density at radius 2 is 1.93 bits per heavy atom. The van der Waals surface area contributed by atoms with Gasteiger partial charge in [0.1, 0.15) is 5.65 Å². The zero-order chi connectivity index (χ0) is 10.4. The van der Waals surface area contributed by atoms with E-state index < -0.39 is 0 Å². The van der Waals surface area contributed by atoms with Crippen molar-refractivity contribution in [2.75, 3.05) is 0 Å². The highest BCUT2D eigenvalue weighted by Crippen LogP contribution is 2.26. The maximum atomic E-state index is 4.48. The summed E-state index contributed by atoms with van der Waals surface area (Å²) in [4.78, 5) is 4.48. The van der Waals surface area contributed by atoms with Crippen LogP contribution in [0.25, 0.3) is 21.9 Å². The molecule has 0 fully saturated rings. The van der Waals surface area contributed by atoms with E-state index in [9.17, 15) is 0 Å². The lowest BCUT2D eigenvalue weighted by atomic mass is 10.2. The number of para-hydroxylation sites is 1. The van der Waals surface area contributed by atoms with Gasteiger partial charge in [-0.25, -0.2) is 4.98 Å². The van der Waals surface area contributed by atoms with E-state index in [2.05, 4.69) is 53.9 Å². The highest BCUT2D eigenvalue weighted by atomic mass is 15.0. The number of aryl methyl sites for hydroxylation is 2. The van der Waals surface area contributed by atoms with Gasteiger partial charge in [-0.3, -0.25) is 0 Å². The molecule has 15 heavy (non-hydrogen) atoms. The Morgan fingerprint density at radius 3 is 2.80 bits per heavy atom. The van der Waals surface area contributed by atoms with Gasteiger partial charge in [0.15, 0.2) is 0 Å². The van der Waals surface area contributed by atoms with E-state index >= 15 is 0 Å². The highest BCUT2D eigenvalue weighted by Gasteiger charge is 2.07. The van der Waals surface area contributed by atoms with Crippen molar-refractivity contribution >= 4 is 21.9 Å². The predicted molar refractivity (Wildman–Crippen MR) is 63.0 cm³/mol. The second-order valence-electron chi connectivity index (χ2n) is 3.96. The van der Waals surface area contributed by atoms with Gasteiger partial charge in [-0.05, 0) is 24.6 Å². The molecule has 0 saturated heterocycles. The number of hydrogen-bond donors (Lipinski definition) is 0. The van der Waals surface area contributed by atoms with Crippen molar-refractivity contribution in [1.29, 1.82) is 0 Å². The molecular formula is C13H12N2. The summed E-state index contributed by atoms with van der Waals surface area (Å²) in [5.74, 6) is 0. The summed E-state index contributed by atoms with van der Waals surface area (Å²) in [6.07, 6.45) is 1.92. The summed E-state index contributed by atoms with van der Waals surface area (Å²) in [5, 5.41) is 2.53. The molecule has 2 aromatic heterocycles. The third-order valence-electron chi connectivity index (χ3n) is 2.88. The smallest absolute Gasteiger partial charge is 0.140 e. The van der Waals surface area contributed by atoms with Gasteiger partial charge in [0.25, 0.3) is 0 Å². The second-order valence-corrected chi connectivity index (χ2v) is 3.96. The first kappa shape index (κ1) is 8.48. The van der Waals surface area contributed by atoms with Crippen LogP contribution in [0.15, 0.2) is 36.5 Å². The van der Waals surface area contributed by atoms with Crippen molar-refractivity contribution < 1.29 is 0 Å². The first-order valence-electron chi connectivity index (χ1n) is 5.07. The molecule has 0 aliphatic rings. The predicted octanol–water partition coefficient (Wildman–Crippen LogP) is 3.03. The van der Waals surface area contributed by atoms with Crippen molar-refractivity contribution in [2.24, 2.45) is 7.05 Å². The Labute approximate surface area is 88.2 Å². The Hall–Kier alpha value is -1.83. The molecule has 0 saturated carbocycles. The molecular weight excluding hydrogens is 184 g/mol. The van der Waals surface area contributed by atoms with Gasteiger partial charge in [-0.15, -0.1) is 0 Å². The lowest BCUT2D eigenvalue weighted by Crippen LogP contribution is -1.88. The fraction of sp³-hybridized carbons (Fsp3) is 0.154. The lowest BCUT2D eigenvalue weighted by molar-refractivity contribution is 0.988. The normalized spacial score (nSPS) is 11.3. The minimum absolute atomic E-state index is 1.06. The van der Waals surface area contributed by atoms with Crippen LogP contribution < -0.4 is 0 Å². The monoisotopic (exact) mass is 196 g/mol. The topological polar surface area (TPSA) is 17.8 Å². The van der Waals surface area contributed by atoms with Crippen LogP contribution in [0.1, 0.15) is 5.56 Å². The minimum Gasteiger partial charge on any atom is -0.328 e. The van der Waals surface area contributed by atoms with E-state index in [1.165, 1.54) is 21.9 Å². The SMILES string of the molecule is Cc1cnc2c(c1)c1ccccc1n2C. The first-order chi connectivity index (χ1) is 7.27. The summed E-state index contributed by atoms with van der Waals surface area (Å²) in [6.45, 7) is 2.08.